The van der Waals surface area contributed by atoms with Gasteiger partial charge in [-0.25, -0.2) is 19.8 Å². The van der Waals surface area contributed by atoms with Crippen molar-refractivity contribution in [3.63, 3.8) is 0 Å². The Morgan fingerprint density at radius 3 is 2.37 bits per heavy atom. The third-order valence-corrected chi connectivity index (χ3v) is 5.67. The fraction of sp³-hybridized carbons (Fsp3) is 0.450. The Balaban J connectivity index is 1.43. The highest BCUT2D eigenvalue weighted by atomic mass is 32.2. The Morgan fingerprint density at radius 1 is 1.03 bits per heavy atom. The maximum Gasteiger partial charge on any atom is 0.333 e. The molecule has 1 aromatic heterocycles. The number of nitrogens with one attached hydrogen (secondary N) is 2. The lowest BCUT2D eigenvalue weighted by Crippen LogP contribution is -2.49. The SMILES string of the molecule is CSc1cnc(-c2ccc(NC(=O)NN3CCOCC3)cc2)nc1N1CCOCC1. The Morgan fingerprint density at radius 2 is 1.70 bits per heavy atom. The van der Waals surface area contributed by atoms with Gasteiger partial charge in [0.25, 0.3) is 0 Å². The number of rotatable bonds is 5. The van der Waals surface area contributed by atoms with Crippen LogP contribution in [-0.4, -0.2) is 79.9 Å². The van der Waals surface area contributed by atoms with Crippen LogP contribution in [0.1, 0.15) is 0 Å². The predicted molar refractivity (Wildman–Crippen MR) is 117 cm³/mol. The van der Waals surface area contributed by atoms with Crippen molar-refractivity contribution in [3.05, 3.63) is 30.5 Å². The molecule has 2 N–H and O–H groups in total. The lowest BCUT2D eigenvalue weighted by atomic mass is 10.2. The van der Waals surface area contributed by atoms with Crippen LogP contribution >= 0.6 is 11.8 Å². The zero-order valence-corrected chi connectivity index (χ0v) is 17.8. The quantitative estimate of drug-likeness (QED) is 0.697. The molecule has 30 heavy (non-hydrogen) atoms. The largest absolute Gasteiger partial charge is 0.379 e. The molecule has 1 aromatic carbocycles. The number of benzene rings is 1. The van der Waals surface area contributed by atoms with E-state index in [1.807, 2.05) is 41.7 Å². The molecule has 3 heterocycles. The van der Waals surface area contributed by atoms with Crippen LogP contribution in [-0.2, 0) is 9.47 Å². The van der Waals surface area contributed by atoms with Gasteiger partial charge in [0.1, 0.15) is 5.82 Å². The fourth-order valence-electron chi connectivity index (χ4n) is 3.33. The first-order valence-corrected chi connectivity index (χ1v) is 11.2. The smallest absolute Gasteiger partial charge is 0.333 e. The summed E-state index contributed by atoms with van der Waals surface area (Å²) < 4.78 is 10.7. The summed E-state index contributed by atoms with van der Waals surface area (Å²) >= 11 is 1.64. The lowest BCUT2D eigenvalue weighted by Gasteiger charge is -2.29. The number of anilines is 2. The molecular formula is C20H26N6O3S. The number of aromatic nitrogens is 2. The predicted octanol–water partition coefficient (Wildman–Crippen LogP) is 2.07. The second-order valence-corrected chi connectivity index (χ2v) is 7.78. The van der Waals surface area contributed by atoms with Crippen LogP contribution in [0.3, 0.4) is 0 Å². The van der Waals surface area contributed by atoms with E-state index < -0.39 is 0 Å². The average Bonchev–Trinajstić information content (AvgIpc) is 2.80. The first kappa shape index (κ1) is 20.9. The molecule has 2 amide bonds. The highest BCUT2D eigenvalue weighted by Gasteiger charge is 2.18. The van der Waals surface area contributed by atoms with E-state index >= 15 is 0 Å². The monoisotopic (exact) mass is 430 g/mol. The van der Waals surface area contributed by atoms with Crippen LogP contribution < -0.4 is 15.6 Å². The van der Waals surface area contributed by atoms with Crippen molar-refractivity contribution in [2.75, 3.05) is 69.1 Å². The molecule has 2 fully saturated rings. The van der Waals surface area contributed by atoms with Crippen molar-refractivity contribution >= 4 is 29.3 Å². The first-order chi connectivity index (χ1) is 14.7. The van der Waals surface area contributed by atoms with Crippen LogP contribution in [0.4, 0.5) is 16.3 Å². The molecule has 2 aliphatic rings. The van der Waals surface area contributed by atoms with E-state index in [2.05, 4.69) is 20.6 Å². The average molecular weight is 431 g/mol. The van der Waals surface area contributed by atoms with E-state index in [4.69, 9.17) is 14.5 Å². The molecular weight excluding hydrogens is 404 g/mol. The Kier molecular flexibility index (Phi) is 7.00. The molecule has 0 aliphatic carbocycles. The standard InChI is InChI=1S/C20H26N6O3S/c1-30-17-14-21-18(23-19(17)25-6-10-28-11-7-25)15-2-4-16(5-3-15)22-20(27)24-26-8-12-29-13-9-26/h2-5,14H,6-13H2,1H3,(H2,22,24,27). The summed E-state index contributed by atoms with van der Waals surface area (Å²) in [5.74, 6) is 1.61. The summed E-state index contributed by atoms with van der Waals surface area (Å²) in [7, 11) is 0. The van der Waals surface area contributed by atoms with Crippen LogP contribution in [0.2, 0.25) is 0 Å². The molecule has 0 radical (unpaired) electrons. The lowest BCUT2D eigenvalue weighted by molar-refractivity contribution is 0.0207. The summed E-state index contributed by atoms with van der Waals surface area (Å²) in [6.45, 7) is 5.67. The number of hydrazine groups is 1. The van der Waals surface area contributed by atoms with Crippen molar-refractivity contribution in [2.45, 2.75) is 4.90 Å². The van der Waals surface area contributed by atoms with Gasteiger partial charge in [-0.3, -0.25) is 5.43 Å². The van der Waals surface area contributed by atoms with Gasteiger partial charge in [0.05, 0.1) is 31.3 Å². The number of hydrogen-bond acceptors (Lipinski definition) is 8. The zero-order valence-electron chi connectivity index (χ0n) is 17.0. The number of carbonyl (C=O) groups excluding carboxylic acids is 1. The van der Waals surface area contributed by atoms with Gasteiger partial charge < -0.3 is 19.7 Å². The van der Waals surface area contributed by atoms with Crippen molar-refractivity contribution in [1.82, 2.24) is 20.4 Å². The molecule has 2 saturated heterocycles. The van der Waals surface area contributed by atoms with Crippen molar-refractivity contribution < 1.29 is 14.3 Å². The number of amides is 2. The van der Waals surface area contributed by atoms with Crippen LogP contribution in [0.5, 0.6) is 0 Å². The van der Waals surface area contributed by atoms with Gasteiger partial charge in [0.2, 0.25) is 0 Å². The summed E-state index contributed by atoms with van der Waals surface area (Å²) in [5.41, 5.74) is 4.44. The second-order valence-electron chi connectivity index (χ2n) is 6.93. The van der Waals surface area contributed by atoms with Crippen LogP contribution in [0.25, 0.3) is 11.4 Å². The summed E-state index contributed by atoms with van der Waals surface area (Å²) in [6, 6.07) is 7.28. The maximum atomic E-state index is 12.2. The van der Waals surface area contributed by atoms with E-state index in [1.54, 1.807) is 11.8 Å². The van der Waals surface area contributed by atoms with Crippen LogP contribution in [0.15, 0.2) is 35.4 Å². The van der Waals surface area contributed by atoms with E-state index in [-0.39, 0.29) is 6.03 Å². The molecule has 9 nitrogen and oxygen atoms in total. The molecule has 2 aliphatic heterocycles. The van der Waals surface area contributed by atoms with E-state index in [0.717, 1.165) is 29.4 Å². The number of morpholine rings is 2. The molecule has 160 valence electrons. The third-order valence-electron chi connectivity index (χ3n) is 4.94. The fourth-order valence-corrected chi connectivity index (χ4v) is 3.84. The highest BCUT2D eigenvalue weighted by Crippen LogP contribution is 2.29. The molecule has 0 bridgehead atoms. The van der Waals surface area contributed by atoms with Gasteiger partial charge in [-0.2, -0.15) is 0 Å². The molecule has 0 spiro atoms. The zero-order chi connectivity index (χ0) is 20.8. The van der Waals surface area contributed by atoms with E-state index in [0.29, 0.717) is 51.0 Å². The molecule has 10 heteroatoms. The van der Waals surface area contributed by atoms with Crippen molar-refractivity contribution in [1.29, 1.82) is 0 Å². The van der Waals surface area contributed by atoms with E-state index in [9.17, 15) is 4.79 Å². The Bertz CT molecular complexity index is 854. The van der Waals surface area contributed by atoms with Crippen LogP contribution in [0, 0.1) is 0 Å². The molecule has 0 unspecified atom stereocenters. The highest BCUT2D eigenvalue weighted by molar-refractivity contribution is 7.98. The first-order valence-electron chi connectivity index (χ1n) is 9.97. The minimum Gasteiger partial charge on any atom is -0.379 e. The number of thioether (sulfide) groups is 1. The number of hydrogen-bond donors (Lipinski definition) is 2. The molecule has 4 rings (SSSR count). The summed E-state index contributed by atoms with van der Waals surface area (Å²) in [4.78, 5) is 24.8. The number of nitrogens with zero attached hydrogens (tertiary/aromatic N) is 4. The number of ether oxygens (including phenoxy) is 2. The minimum absolute atomic E-state index is 0.264. The third kappa shape index (κ3) is 5.20. The van der Waals surface area contributed by atoms with Crippen molar-refractivity contribution in [3.8, 4) is 11.4 Å². The van der Waals surface area contributed by atoms with Gasteiger partial charge in [0.15, 0.2) is 5.82 Å². The minimum atomic E-state index is -0.264. The summed E-state index contributed by atoms with van der Waals surface area (Å²) in [5, 5.41) is 4.70. The molecule has 0 atom stereocenters. The topological polar surface area (TPSA) is 91.9 Å². The van der Waals surface area contributed by atoms with Gasteiger partial charge in [-0.15, -0.1) is 11.8 Å². The van der Waals surface area contributed by atoms with Gasteiger partial charge in [-0.05, 0) is 30.5 Å². The Hall–Kier alpha value is -2.40. The molecule has 0 saturated carbocycles. The normalized spacial score (nSPS) is 17.6. The van der Waals surface area contributed by atoms with Crippen molar-refractivity contribution in [2.24, 2.45) is 0 Å². The summed E-state index contributed by atoms with van der Waals surface area (Å²) in [6.07, 6.45) is 3.91. The van der Waals surface area contributed by atoms with Gasteiger partial charge >= 0.3 is 6.03 Å². The van der Waals surface area contributed by atoms with Gasteiger partial charge in [-0.1, -0.05) is 0 Å². The van der Waals surface area contributed by atoms with Gasteiger partial charge in [0, 0.05) is 43.6 Å². The number of carbonyl (C=O) groups is 1. The number of urea groups is 1. The van der Waals surface area contributed by atoms with E-state index in [1.165, 1.54) is 0 Å². The Labute approximate surface area is 180 Å². The molecule has 2 aromatic rings. The second kappa shape index (κ2) is 10.1. The maximum absolute atomic E-state index is 12.2.